The third-order valence-electron chi connectivity index (χ3n) is 4.07. The van der Waals surface area contributed by atoms with E-state index in [0.717, 1.165) is 3.57 Å². The summed E-state index contributed by atoms with van der Waals surface area (Å²) in [7, 11) is -3.89. The zero-order valence-electron chi connectivity index (χ0n) is 13.1. The monoisotopic (exact) mass is 478 g/mol. The van der Waals surface area contributed by atoms with Gasteiger partial charge in [-0.15, -0.1) is 0 Å². The summed E-state index contributed by atoms with van der Waals surface area (Å²) in [6.07, 6.45) is 0. The van der Waals surface area contributed by atoms with E-state index in [0.29, 0.717) is 22.0 Å². The van der Waals surface area contributed by atoms with Gasteiger partial charge in [0.25, 0.3) is 21.8 Å². The van der Waals surface area contributed by atoms with Crippen LogP contribution in [-0.4, -0.2) is 20.2 Å². The molecule has 2 N–H and O–H groups in total. The molecule has 0 unspecified atom stereocenters. The summed E-state index contributed by atoms with van der Waals surface area (Å²) in [5.74, 6) is -1.09. The smallest absolute Gasteiger partial charge is 0.261 e. The predicted octanol–water partition coefficient (Wildman–Crippen LogP) is 3.13. The van der Waals surface area contributed by atoms with E-state index in [1.807, 2.05) is 0 Å². The summed E-state index contributed by atoms with van der Waals surface area (Å²) in [5.41, 5.74) is 0.944. The van der Waals surface area contributed by atoms with Crippen molar-refractivity contribution in [3.8, 4) is 0 Å². The first-order valence-corrected chi connectivity index (χ1v) is 10.1. The van der Waals surface area contributed by atoms with Crippen molar-refractivity contribution in [1.82, 2.24) is 5.32 Å². The van der Waals surface area contributed by atoms with E-state index in [9.17, 15) is 18.0 Å². The number of anilines is 1. The first-order valence-electron chi connectivity index (χ1n) is 7.56. The van der Waals surface area contributed by atoms with Gasteiger partial charge in [0.2, 0.25) is 0 Å². The molecular formula is C18H11IN2O4S. The van der Waals surface area contributed by atoms with Crippen LogP contribution in [0.5, 0.6) is 0 Å². The van der Waals surface area contributed by atoms with Crippen LogP contribution in [0.2, 0.25) is 0 Å². The van der Waals surface area contributed by atoms with Gasteiger partial charge in [-0.1, -0.05) is 12.1 Å². The Morgan fingerprint density at radius 3 is 2.31 bits per heavy atom. The Morgan fingerprint density at radius 2 is 1.58 bits per heavy atom. The minimum Gasteiger partial charge on any atom is -0.288 e. The molecule has 8 heteroatoms. The molecule has 0 saturated heterocycles. The van der Waals surface area contributed by atoms with E-state index in [4.69, 9.17) is 0 Å². The molecule has 2 amide bonds. The van der Waals surface area contributed by atoms with Crippen LogP contribution in [0.1, 0.15) is 20.7 Å². The first kappa shape index (κ1) is 17.0. The van der Waals surface area contributed by atoms with Crippen LogP contribution in [0.3, 0.4) is 0 Å². The van der Waals surface area contributed by atoms with Gasteiger partial charge < -0.3 is 0 Å². The Morgan fingerprint density at radius 1 is 0.885 bits per heavy atom. The molecule has 0 atom stereocenters. The first-order chi connectivity index (χ1) is 12.3. The van der Waals surface area contributed by atoms with Gasteiger partial charge in [-0.2, -0.15) is 0 Å². The van der Waals surface area contributed by atoms with Crippen molar-refractivity contribution in [2.24, 2.45) is 0 Å². The summed E-state index contributed by atoms with van der Waals surface area (Å²) < 4.78 is 29.0. The molecule has 0 aromatic heterocycles. The van der Waals surface area contributed by atoms with E-state index in [1.54, 1.807) is 42.5 Å². The number of benzene rings is 3. The molecule has 130 valence electrons. The molecule has 4 rings (SSSR count). The zero-order chi connectivity index (χ0) is 18.5. The second-order valence-corrected chi connectivity index (χ2v) is 8.70. The highest BCUT2D eigenvalue weighted by molar-refractivity contribution is 14.1. The average Bonchev–Trinajstić information content (AvgIpc) is 2.61. The number of hydrogen-bond donors (Lipinski definition) is 2. The Kier molecular flexibility index (Phi) is 3.96. The molecule has 0 fully saturated rings. The van der Waals surface area contributed by atoms with E-state index in [-0.39, 0.29) is 10.5 Å². The van der Waals surface area contributed by atoms with Gasteiger partial charge in [-0.25, -0.2) is 8.42 Å². The number of halogens is 1. The summed E-state index contributed by atoms with van der Waals surface area (Å²) in [6, 6.07) is 14.6. The highest BCUT2D eigenvalue weighted by Gasteiger charge is 2.27. The highest BCUT2D eigenvalue weighted by Crippen LogP contribution is 2.30. The van der Waals surface area contributed by atoms with Crippen molar-refractivity contribution in [2.45, 2.75) is 4.90 Å². The van der Waals surface area contributed by atoms with Crippen molar-refractivity contribution < 1.29 is 18.0 Å². The second kappa shape index (κ2) is 6.06. The lowest BCUT2D eigenvalue weighted by atomic mass is 9.95. The number of carbonyl (C=O) groups excluding carboxylic acids is 2. The lowest BCUT2D eigenvalue weighted by Gasteiger charge is -2.18. The van der Waals surface area contributed by atoms with Gasteiger partial charge in [0.15, 0.2) is 0 Å². The van der Waals surface area contributed by atoms with E-state index in [2.05, 4.69) is 32.6 Å². The molecule has 0 radical (unpaired) electrons. The number of amides is 2. The van der Waals surface area contributed by atoms with Gasteiger partial charge in [-0.3, -0.25) is 19.6 Å². The average molecular weight is 478 g/mol. The topological polar surface area (TPSA) is 92.3 Å². The molecule has 1 aliphatic rings. The zero-order valence-corrected chi connectivity index (χ0v) is 16.1. The third kappa shape index (κ3) is 2.84. The molecule has 0 saturated carbocycles. The minimum absolute atomic E-state index is 0.0415. The number of hydrogen-bond acceptors (Lipinski definition) is 4. The van der Waals surface area contributed by atoms with Gasteiger partial charge in [-0.05, 0) is 70.4 Å². The predicted molar refractivity (Wildman–Crippen MR) is 106 cm³/mol. The lowest BCUT2D eigenvalue weighted by molar-refractivity contribution is 0.0845. The van der Waals surface area contributed by atoms with Crippen molar-refractivity contribution in [3.63, 3.8) is 0 Å². The summed E-state index contributed by atoms with van der Waals surface area (Å²) in [4.78, 5) is 24.1. The Balaban J connectivity index is 1.86. The largest absolute Gasteiger partial charge is 0.288 e. The fourth-order valence-electron chi connectivity index (χ4n) is 2.89. The van der Waals surface area contributed by atoms with Gasteiger partial charge in [0.05, 0.1) is 4.90 Å². The molecule has 3 aromatic carbocycles. The van der Waals surface area contributed by atoms with E-state index >= 15 is 0 Å². The maximum Gasteiger partial charge on any atom is 0.261 e. The van der Waals surface area contributed by atoms with Crippen LogP contribution in [0.25, 0.3) is 10.8 Å². The molecule has 3 aromatic rings. The minimum atomic E-state index is -3.89. The van der Waals surface area contributed by atoms with Crippen molar-refractivity contribution in [1.29, 1.82) is 0 Å². The standard InChI is InChI=1S/C18H11IN2O4S/c19-11-4-6-12(7-5-11)21-26(24,25)13-8-10-2-1-3-14-16(10)15(9-13)18(23)20-17(14)22/h1-9,21H,(H,20,22,23). The SMILES string of the molecule is O=C1NC(=O)c2cc(S(=O)(=O)Nc3ccc(I)cc3)cc3cccc1c23. The van der Waals surface area contributed by atoms with Crippen LogP contribution < -0.4 is 10.0 Å². The summed E-state index contributed by atoms with van der Waals surface area (Å²) in [5, 5.41) is 3.22. The number of carbonyl (C=O) groups is 2. The van der Waals surface area contributed by atoms with Crippen LogP contribution in [0, 0.1) is 3.57 Å². The maximum absolute atomic E-state index is 12.8. The molecule has 0 bridgehead atoms. The Hall–Kier alpha value is -2.46. The Bertz CT molecular complexity index is 1190. The fourth-order valence-corrected chi connectivity index (χ4v) is 4.37. The molecule has 0 spiro atoms. The molecule has 0 aliphatic carbocycles. The van der Waals surface area contributed by atoms with Crippen LogP contribution in [0.4, 0.5) is 5.69 Å². The van der Waals surface area contributed by atoms with Crippen LogP contribution >= 0.6 is 22.6 Å². The van der Waals surface area contributed by atoms with Crippen LogP contribution in [-0.2, 0) is 10.0 Å². The number of imide groups is 1. The number of sulfonamides is 1. The molecule has 1 aliphatic heterocycles. The summed E-state index contributed by atoms with van der Waals surface area (Å²) in [6.45, 7) is 0. The lowest BCUT2D eigenvalue weighted by Crippen LogP contribution is -2.34. The molecule has 6 nitrogen and oxygen atoms in total. The Labute approximate surface area is 162 Å². The molecule has 1 heterocycles. The number of nitrogens with one attached hydrogen (secondary N) is 2. The van der Waals surface area contributed by atoms with E-state index < -0.39 is 21.8 Å². The fraction of sp³-hybridized carbons (Fsp3) is 0. The number of rotatable bonds is 3. The van der Waals surface area contributed by atoms with Crippen molar-refractivity contribution >= 4 is 60.9 Å². The van der Waals surface area contributed by atoms with Gasteiger partial charge in [0, 0.05) is 25.8 Å². The van der Waals surface area contributed by atoms with Crippen LogP contribution in [0.15, 0.2) is 59.5 Å². The summed E-state index contributed by atoms with van der Waals surface area (Å²) >= 11 is 2.13. The van der Waals surface area contributed by atoms with E-state index in [1.165, 1.54) is 12.1 Å². The maximum atomic E-state index is 12.8. The van der Waals surface area contributed by atoms with Gasteiger partial charge in [0.1, 0.15) is 0 Å². The molecular weight excluding hydrogens is 467 g/mol. The van der Waals surface area contributed by atoms with Crippen molar-refractivity contribution in [3.05, 3.63) is 69.3 Å². The second-order valence-electron chi connectivity index (χ2n) is 5.77. The molecule has 26 heavy (non-hydrogen) atoms. The highest BCUT2D eigenvalue weighted by atomic mass is 127. The normalized spacial score (nSPS) is 13.6. The third-order valence-corrected chi connectivity index (χ3v) is 6.15. The van der Waals surface area contributed by atoms with Gasteiger partial charge >= 0.3 is 0 Å². The quantitative estimate of drug-likeness (QED) is 0.447. The van der Waals surface area contributed by atoms with Crippen molar-refractivity contribution in [2.75, 3.05) is 4.72 Å².